The first-order chi connectivity index (χ1) is 10.3. The fraction of sp³-hybridized carbons (Fsp3) is 0.444. The number of anilines is 1. The third-order valence-electron chi connectivity index (χ3n) is 4.19. The zero-order valence-corrected chi connectivity index (χ0v) is 14.2. The summed E-state index contributed by atoms with van der Waals surface area (Å²) in [5.74, 6) is 0. The van der Waals surface area contributed by atoms with E-state index in [-0.39, 0.29) is 0 Å². The Bertz CT molecular complexity index is 626. The predicted molar refractivity (Wildman–Crippen MR) is 93.3 cm³/mol. The van der Waals surface area contributed by atoms with Crippen LogP contribution in [0.1, 0.15) is 25.3 Å². The van der Waals surface area contributed by atoms with Gasteiger partial charge in [0.1, 0.15) is 0 Å². The molecule has 0 fully saturated rings. The van der Waals surface area contributed by atoms with Gasteiger partial charge in [-0.05, 0) is 60.7 Å². The first-order valence-corrected chi connectivity index (χ1v) is 8.62. The van der Waals surface area contributed by atoms with Gasteiger partial charge in [-0.2, -0.15) is 0 Å². The number of nitrogens with zero attached hydrogens (tertiary/aromatic N) is 1. The molecule has 1 aliphatic rings. The standard InChI is InChI=1S/C18H22BrNO/c1-2-21-12-4-11-20-10-3-5-17-16-8-7-15(19)13-14(16)6-9-18(17)20/h6-9,13H,2-5,10-12H2,1H3. The molecule has 0 spiro atoms. The van der Waals surface area contributed by atoms with Crippen molar-refractivity contribution in [3.05, 3.63) is 40.4 Å². The van der Waals surface area contributed by atoms with Gasteiger partial charge < -0.3 is 9.64 Å². The van der Waals surface area contributed by atoms with E-state index in [4.69, 9.17) is 4.74 Å². The third kappa shape index (κ3) is 3.24. The molecule has 0 aromatic heterocycles. The molecule has 0 bridgehead atoms. The van der Waals surface area contributed by atoms with Crippen LogP contribution in [-0.2, 0) is 11.2 Å². The van der Waals surface area contributed by atoms with Crippen molar-refractivity contribution in [2.75, 3.05) is 31.2 Å². The van der Waals surface area contributed by atoms with Gasteiger partial charge in [-0.1, -0.05) is 28.1 Å². The maximum atomic E-state index is 5.46. The molecule has 0 saturated carbocycles. The van der Waals surface area contributed by atoms with Crippen LogP contribution in [0.4, 0.5) is 5.69 Å². The smallest absolute Gasteiger partial charge is 0.0482 e. The minimum atomic E-state index is 0.816. The van der Waals surface area contributed by atoms with E-state index in [0.29, 0.717) is 0 Å². The van der Waals surface area contributed by atoms with Crippen LogP contribution in [0.3, 0.4) is 0 Å². The van der Waals surface area contributed by atoms with Crippen LogP contribution in [-0.4, -0.2) is 26.3 Å². The Hall–Kier alpha value is -1.06. The van der Waals surface area contributed by atoms with Crippen molar-refractivity contribution in [3.8, 4) is 0 Å². The van der Waals surface area contributed by atoms with Gasteiger partial charge in [0.25, 0.3) is 0 Å². The van der Waals surface area contributed by atoms with Gasteiger partial charge >= 0.3 is 0 Å². The van der Waals surface area contributed by atoms with Crippen molar-refractivity contribution in [1.82, 2.24) is 0 Å². The summed E-state index contributed by atoms with van der Waals surface area (Å²) < 4.78 is 6.62. The topological polar surface area (TPSA) is 12.5 Å². The molecule has 3 heteroatoms. The van der Waals surface area contributed by atoms with Crippen LogP contribution in [0.25, 0.3) is 10.8 Å². The Morgan fingerprint density at radius 2 is 2.14 bits per heavy atom. The molecule has 0 unspecified atom stereocenters. The lowest BCUT2D eigenvalue weighted by atomic mass is 9.95. The summed E-state index contributed by atoms with van der Waals surface area (Å²) in [6, 6.07) is 11.2. The van der Waals surface area contributed by atoms with E-state index in [1.54, 1.807) is 0 Å². The molecular weight excluding hydrogens is 326 g/mol. The number of fused-ring (bicyclic) bond motifs is 3. The molecule has 21 heavy (non-hydrogen) atoms. The van der Waals surface area contributed by atoms with E-state index < -0.39 is 0 Å². The average Bonchev–Trinajstić information content (AvgIpc) is 2.51. The lowest BCUT2D eigenvalue weighted by Gasteiger charge is -2.32. The highest BCUT2D eigenvalue weighted by molar-refractivity contribution is 9.10. The Morgan fingerprint density at radius 3 is 3.00 bits per heavy atom. The van der Waals surface area contributed by atoms with Gasteiger partial charge in [-0.3, -0.25) is 0 Å². The van der Waals surface area contributed by atoms with Crippen molar-refractivity contribution in [1.29, 1.82) is 0 Å². The fourth-order valence-corrected chi connectivity index (χ4v) is 3.59. The fourth-order valence-electron chi connectivity index (χ4n) is 3.21. The van der Waals surface area contributed by atoms with E-state index in [1.807, 2.05) is 0 Å². The monoisotopic (exact) mass is 347 g/mol. The SMILES string of the molecule is CCOCCCN1CCCc2c1ccc1cc(Br)ccc21. The maximum absolute atomic E-state index is 5.46. The third-order valence-corrected chi connectivity index (χ3v) is 4.68. The number of hydrogen-bond acceptors (Lipinski definition) is 2. The molecule has 0 aliphatic carbocycles. The molecule has 0 N–H and O–H groups in total. The summed E-state index contributed by atoms with van der Waals surface area (Å²) in [6.07, 6.45) is 3.54. The zero-order chi connectivity index (χ0) is 14.7. The van der Waals surface area contributed by atoms with Gasteiger partial charge in [0.15, 0.2) is 0 Å². The number of rotatable bonds is 5. The highest BCUT2D eigenvalue weighted by Gasteiger charge is 2.18. The largest absolute Gasteiger partial charge is 0.382 e. The molecule has 2 aromatic carbocycles. The Morgan fingerprint density at radius 1 is 1.24 bits per heavy atom. The molecule has 0 amide bonds. The second-order valence-electron chi connectivity index (χ2n) is 5.57. The highest BCUT2D eigenvalue weighted by Crippen LogP contribution is 2.34. The predicted octanol–water partition coefficient (Wildman–Crippen LogP) is 4.78. The highest BCUT2D eigenvalue weighted by atomic mass is 79.9. The minimum Gasteiger partial charge on any atom is -0.382 e. The molecule has 1 heterocycles. The number of benzene rings is 2. The van der Waals surface area contributed by atoms with Crippen LogP contribution in [0.2, 0.25) is 0 Å². The minimum absolute atomic E-state index is 0.816. The normalized spacial score (nSPS) is 14.5. The maximum Gasteiger partial charge on any atom is 0.0482 e. The van der Waals surface area contributed by atoms with Crippen molar-refractivity contribution in [2.24, 2.45) is 0 Å². The zero-order valence-electron chi connectivity index (χ0n) is 12.6. The van der Waals surface area contributed by atoms with Crippen LogP contribution < -0.4 is 4.90 Å². The lowest BCUT2D eigenvalue weighted by Crippen LogP contribution is -2.31. The number of halogens is 1. The molecule has 112 valence electrons. The molecule has 0 atom stereocenters. The Balaban J connectivity index is 1.86. The summed E-state index contributed by atoms with van der Waals surface area (Å²) in [7, 11) is 0. The van der Waals surface area contributed by atoms with Crippen molar-refractivity contribution in [3.63, 3.8) is 0 Å². The summed E-state index contributed by atoms with van der Waals surface area (Å²) >= 11 is 3.56. The quantitative estimate of drug-likeness (QED) is 0.721. The lowest BCUT2D eigenvalue weighted by molar-refractivity contribution is 0.146. The van der Waals surface area contributed by atoms with E-state index in [1.165, 1.54) is 41.4 Å². The van der Waals surface area contributed by atoms with Gasteiger partial charge in [0.05, 0.1) is 0 Å². The van der Waals surface area contributed by atoms with Gasteiger partial charge in [-0.15, -0.1) is 0 Å². The summed E-state index contributed by atoms with van der Waals surface area (Å²) in [5.41, 5.74) is 2.94. The van der Waals surface area contributed by atoms with Gasteiger partial charge in [0.2, 0.25) is 0 Å². The average molecular weight is 348 g/mol. The van der Waals surface area contributed by atoms with Crippen LogP contribution in [0.5, 0.6) is 0 Å². The molecular formula is C18H22BrNO. The van der Waals surface area contributed by atoms with E-state index in [9.17, 15) is 0 Å². The molecule has 0 saturated heterocycles. The molecule has 2 nitrogen and oxygen atoms in total. The van der Waals surface area contributed by atoms with Crippen LogP contribution in [0.15, 0.2) is 34.8 Å². The summed E-state index contributed by atoms with van der Waals surface area (Å²) in [5, 5.41) is 2.74. The summed E-state index contributed by atoms with van der Waals surface area (Å²) in [6.45, 7) is 6.00. The van der Waals surface area contributed by atoms with Crippen molar-refractivity contribution >= 4 is 32.4 Å². The Labute approximate surface area is 135 Å². The second-order valence-corrected chi connectivity index (χ2v) is 6.49. The molecule has 3 rings (SSSR count). The van der Waals surface area contributed by atoms with Crippen LogP contribution >= 0.6 is 15.9 Å². The van der Waals surface area contributed by atoms with E-state index in [0.717, 1.165) is 30.7 Å². The number of ether oxygens (including phenoxy) is 1. The molecule has 0 radical (unpaired) electrons. The van der Waals surface area contributed by atoms with Gasteiger partial charge in [0, 0.05) is 36.5 Å². The molecule has 1 aliphatic heterocycles. The second kappa shape index (κ2) is 6.80. The summed E-state index contributed by atoms with van der Waals surface area (Å²) in [4.78, 5) is 2.53. The van der Waals surface area contributed by atoms with Gasteiger partial charge in [-0.25, -0.2) is 0 Å². The van der Waals surface area contributed by atoms with Crippen molar-refractivity contribution < 1.29 is 4.74 Å². The van der Waals surface area contributed by atoms with Crippen molar-refractivity contribution in [2.45, 2.75) is 26.2 Å². The van der Waals surface area contributed by atoms with Crippen LogP contribution in [0, 0.1) is 0 Å². The Kier molecular flexibility index (Phi) is 4.81. The first-order valence-electron chi connectivity index (χ1n) is 7.83. The molecule has 2 aromatic rings. The first kappa shape index (κ1) is 14.9. The number of aryl methyl sites for hydroxylation is 1. The van der Waals surface area contributed by atoms with E-state index in [2.05, 4.69) is 58.1 Å². The van der Waals surface area contributed by atoms with E-state index >= 15 is 0 Å². The number of hydrogen-bond donors (Lipinski definition) is 0.